The van der Waals surface area contributed by atoms with E-state index in [1.807, 2.05) is 36.1 Å². The van der Waals surface area contributed by atoms with Crippen LogP contribution in [0, 0.1) is 23.2 Å². The molecule has 0 radical (unpaired) electrons. The second kappa shape index (κ2) is 10.9. The highest BCUT2D eigenvalue weighted by atomic mass is 32.2. The van der Waals surface area contributed by atoms with E-state index in [9.17, 15) is 27.3 Å². The monoisotopic (exact) mass is 600 g/mol. The molecule has 2 unspecified atom stereocenters. The van der Waals surface area contributed by atoms with Crippen LogP contribution in [0.3, 0.4) is 0 Å². The second-order valence-electron chi connectivity index (χ2n) is 12.8. The lowest BCUT2D eigenvalue weighted by atomic mass is 9.76. The molecule has 1 aliphatic heterocycles. The van der Waals surface area contributed by atoms with Gasteiger partial charge in [-0.2, -0.15) is 5.26 Å². The lowest BCUT2D eigenvalue weighted by Gasteiger charge is -2.32. The van der Waals surface area contributed by atoms with Crippen molar-refractivity contribution < 1.29 is 26.4 Å². The van der Waals surface area contributed by atoms with Gasteiger partial charge in [0.25, 0.3) is 0 Å². The van der Waals surface area contributed by atoms with Crippen LogP contribution in [0.4, 0.5) is 14.5 Å². The predicted octanol–water partition coefficient (Wildman–Crippen LogP) is 5.56. The molecule has 2 aromatic rings. The Kier molecular flexibility index (Phi) is 7.57. The van der Waals surface area contributed by atoms with Crippen LogP contribution in [0.1, 0.15) is 88.2 Å². The molecule has 1 amide bonds. The maximum absolute atomic E-state index is 14.2. The van der Waals surface area contributed by atoms with Crippen molar-refractivity contribution in [3.8, 4) is 17.3 Å². The third-order valence-electron chi connectivity index (χ3n) is 9.73. The molecule has 1 N–H and O–H groups in total. The van der Waals surface area contributed by atoms with Crippen molar-refractivity contribution >= 4 is 21.4 Å². The summed E-state index contributed by atoms with van der Waals surface area (Å²) in [5.41, 5.74) is 1.60. The zero-order chi connectivity index (χ0) is 29.7. The van der Waals surface area contributed by atoms with E-state index < -0.39 is 21.3 Å². The summed E-state index contributed by atoms with van der Waals surface area (Å²) >= 11 is 0. The predicted molar refractivity (Wildman–Crippen MR) is 154 cm³/mol. The van der Waals surface area contributed by atoms with E-state index in [-0.39, 0.29) is 60.3 Å². The van der Waals surface area contributed by atoms with Gasteiger partial charge in [-0.3, -0.25) is 4.79 Å². The maximum Gasteiger partial charge on any atom is 0.248 e. The van der Waals surface area contributed by atoms with E-state index in [2.05, 4.69) is 11.4 Å². The number of alkyl halides is 2. The number of hydrogen-bond acceptors (Lipinski definition) is 7. The maximum atomic E-state index is 14.2. The number of amides is 1. The van der Waals surface area contributed by atoms with Gasteiger partial charge in [0.15, 0.2) is 15.7 Å². The van der Waals surface area contributed by atoms with Crippen molar-refractivity contribution in [1.82, 2.24) is 10.3 Å². The Balaban J connectivity index is 1.33. The summed E-state index contributed by atoms with van der Waals surface area (Å²) in [5, 5.41) is 12.5. The molecule has 42 heavy (non-hydrogen) atoms. The van der Waals surface area contributed by atoms with E-state index >= 15 is 0 Å². The van der Waals surface area contributed by atoms with Gasteiger partial charge in [-0.15, -0.1) is 0 Å². The Morgan fingerprint density at radius 3 is 2.40 bits per heavy atom. The number of nitrogens with zero attached hydrogens (tertiary/aromatic N) is 3. The molecule has 6 rings (SSSR count). The summed E-state index contributed by atoms with van der Waals surface area (Å²) in [7, 11) is -3.00. The standard InChI is InChI=1S/C31H38F2N4O4S/c1-20-18-31(32,33)11-10-23(20)29-35-26(21-6-8-22(9-7-21)37-14-16-42(39,40)17-15-37)27(41-29)24-4-2-3-5-25(24)28(38)36-30(19-34)12-13-30/h6-9,20,23-25H,2-5,10-18H2,1H3,(H,36,38)/t20-,23+,24?,25?/m1/s1. The molecular formula is C31H38F2N4O4S. The van der Waals surface area contributed by atoms with Gasteiger partial charge in [0.1, 0.15) is 17.0 Å². The van der Waals surface area contributed by atoms with Gasteiger partial charge in [-0.05, 0) is 50.2 Å². The molecule has 3 saturated carbocycles. The molecule has 11 heteroatoms. The third kappa shape index (κ3) is 5.92. The first-order valence-corrected chi connectivity index (χ1v) is 17.0. The van der Waals surface area contributed by atoms with Gasteiger partial charge in [0.05, 0.1) is 17.6 Å². The molecular weight excluding hydrogens is 562 g/mol. The fourth-order valence-electron chi connectivity index (χ4n) is 6.98. The van der Waals surface area contributed by atoms with E-state index in [0.717, 1.165) is 30.5 Å². The summed E-state index contributed by atoms with van der Waals surface area (Å²) in [6.07, 6.45) is 4.41. The van der Waals surface area contributed by atoms with E-state index in [0.29, 0.717) is 49.7 Å². The summed E-state index contributed by atoms with van der Waals surface area (Å²) in [6.45, 7) is 2.70. The number of sulfone groups is 1. The average Bonchev–Trinajstić information content (AvgIpc) is 3.60. The molecule has 226 valence electrons. The average molecular weight is 601 g/mol. The SMILES string of the molecule is C[C@@H]1CC(F)(F)CC[C@@H]1c1nc(-c2ccc(N3CCS(=O)(=O)CC3)cc2)c(C2CCCCC2C(=O)NC2(C#N)CC2)o1. The number of rotatable bonds is 6. The second-order valence-corrected chi connectivity index (χ2v) is 15.1. The van der Waals surface area contributed by atoms with Crippen LogP contribution in [0.15, 0.2) is 28.7 Å². The van der Waals surface area contributed by atoms with Crippen molar-refractivity contribution in [3.63, 3.8) is 0 Å². The van der Waals surface area contributed by atoms with Crippen LogP contribution in [0.2, 0.25) is 0 Å². The molecule has 3 aliphatic carbocycles. The van der Waals surface area contributed by atoms with Gasteiger partial charge in [-0.1, -0.05) is 31.9 Å². The van der Waals surface area contributed by atoms with Crippen LogP contribution >= 0.6 is 0 Å². The normalized spacial score (nSPS) is 29.8. The summed E-state index contributed by atoms with van der Waals surface area (Å²) in [4.78, 5) is 20.5. The fourth-order valence-corrected chi connectivity index (χ4v) is 8.18. The van der Waals surface area contributed by atoms with Crippen LogP contribution in [0.25, 0.3) is 11.3 Å². The van der Waals surface area contributed by atoms with Crippen molar-refractivity contribution in [3.05, 3.63) is 35.9 Å². The van der Waals surface area contributed by atoms with E-state index in [1.54, 1.807) is 0 Å². The molecule has 0 spiro atoms. The number of aromatic nitrogens is 1. The lowest BCUT2D eigenvalue weighted by Crippen LogP contribution is -2.42. The zero-order valence-electron chi connectivity index (χ0n) is 24.0. The number of benzene rings is 1. The van der Waals surface area contributed by atoms with Gasteiger partial charge in [-0.25, -0.2) is 22.2 Å². The van der Waals surface area contributed by atoms with Gasteiger partial charge in [0, 0.05) is 54.9 Å². The van der Waals surface area contributed by atoms with E-state index in [4.69, 9.17) is 9.40 Å². The number of oxazole rings is 1. The molecule has 1 aromatic heterocycles. The first kappa shape index (κ1) is 29.1. The van der Waals surface area contributed by atoms with Crippen molar-refractivity contribution in [2.45, 2.75) is 88.0 Å². The summed E-state index contributed by atoms with van der Waals surface area (Å²) in [6, 6.07) is 10.0. The highest BCUT2D eigenvalue weighted by Gasteiger charge is 2.48. The topological polar surface area (TPSA) is 116 Å². The number of carbonyl (C=O) groups excluding carboxylic acids is 1. The molecule has 4 aliphatic rings. The number of nitrogens with one attached hydrogen (secondary N) is 1. The number of hydrogen-bond donors (Lipinski definition) is 1. The molecule has 4 fully saturated rings. The molecule has 8 nitrogen and oxygen atoms in total. The minimum atomic E-state index is -3.00. The van der Waals surface area contributed by atoms with Crippen LogP contribution in [-0.4, -0.2) is 55.4 Å². The zero-order valence-corrected chi connectivity index (χ0v) is 24.8. The van der Waals surface area contributed by atoms with Crippen molar-refractivity contribution in [2.24, 2.45) is 11.8 Å². The molecule has 4 atom stereocenters. The minimum absolute atomic E-state index is 0.127. The van der Waals surface area contributed by atoms with Crippen LogP contribution in [0.5, 0.6) is 0 Å². The van der Waals surface area contributed by atoms with Crippen molar-refractivity contribution in [1.29, 1.82) is 5.26 Å². The highest BCUT2D eigenvalue weighted by molar-refractivity contribution is 7.91. The Morgan fingerprint density at radius 2 is 1.76 bits per heavy atom. The Hall–Kier alpha value is -3.00. The van der Waals surface area contributed by atoms with Crippen LogP contribution in [-0.2, 0) is 14.6 Å². The molecule has 0 bridgehead atoms. The van der Waals surface area contributed by atoms with Gasteiger partial charge < -0.3 is 14.6 Å². The molecule has 1 aromatic carbocycles. The van der Waals surface area contributed by atoms with Crippen molar-refractivity contribution in [2.75, 3.05) is 29.5 Å². The summed E-state index contributed by atoms with van der Waals surface area (Å²) in [5.74, 6) is -2.65. The molecule has 1 saturated heterocycles. The fraction of sp³-hybridized carbons (Fsp3) is 0.645. The number of nitriles is 1. The highest BCUT2D eigenvalue weighted by Crippen LogP contribution is 2.48. The van der Waals surface area contributed by atoms with Gasteiger partial charge in [0.2, 0.25) is 11.8 Å². The quantitative estimate of drug-likeness (QED) is 0.461. The molecule has 2 heterocycles. The minimum Gasteiger partial charge on any atom is -0.444 e. The lowest BCUT2D eigenvalue weighted by molar-refractivity contribution is -0.127. The first-order valence-electron chi connectivity index (χ1n) is 15.2. The number of carbonyl (C=O) groups is 1. The first-order chi connectivity index (χ1) is 20.0. The third-order valence-corrected chi connectivity index (χ3v) is 11.3. The van der Waals surface area contributed by atoms with Gasteiger partial charge >= 0.3 is 0 Å². The number of halogens is 2. The Bertz CT molecular complexity index is 1470. The number of anilines is 1. The smallest absolute Gasteiger partial charge is 0.248 e. The Morgan fingerprint density at radius 1 is 1.07 bits per heavy atom. The summed E-state index contributed by atoms with van der Waals surface area (Å²) < 4.78 is 58.6. The van der Waals surface area contributed by atoms with Crippen LogP contribution < -0.4 is 10.2 Å². The van der Waals surface area contributed by atoms with E-state index in [1.165, 1.54) is 0 Å². The largest absolute Gasteiger partial charge is 0.444 e. The Labute approximate surface area is 245 Å².